The number of esters is 1. The summed E-state index contributed by atoms with van der Waals surface area (Å²) in [4.78, 5) is 38.3. The molecule has 0 N–H and O–H groups in total. The molecule has 0 bridgehead atoms. The number of carbonyl (C=O) groups is 3. The van der Waals surface area contributed by atoms with Crippen molar-refractivity contribution in [1.29, 1.82) is 0 Å². The second-order valence-electron chi connectivity index (χ2n) is 8.33. The van der Waals surface area contributed by atoms with Crippen LogP contribution in [0.25, 0.3) is 0 Å². The average molecular weight is 442 g/mol. The Bertz CT molecular complexity index is 921. The van der Waals surface area contributed by atoms with Gasteiger partial charge in [-0.3, -0.25) is 14.4 Å². The summed E-state index contributed by atoms with van der Waals surface area (Å²) in [5, 5.41) is -0.562. The van der Waals surface area contributed by atoms with Crippen molar-refractivity contribution in [3.63, 3.8) is 0 Å². The maximum Gasteiger partial charge on any atom is 0.314 e. The van der Waals surface area contributed by atoms with Crippen LogP contribution in [0.5, 0.6) is 11.5 Å². The fourth-order valence-electron chi connectivity index (χ4n) is 3.19. The molecular weight excluding hydrogens is 414 g/mol. The first kappa shape index (κ1) is 22.9. The zero-order valence-electron chi connectivity index (χ0n) is 18.0. The Morgan fingerprint density at radius 3 is 2.32 bits per heavy atom. The fraction of sp³-hybridized carbons (Fsp3) is 0.375. The van der Waals surface area contributed by atoms with Crippen LogP contribution in [0.3, 0.4) is 0 Å². The van der Waals surface area contributed by atoms with Gasteiger partial charge in [-0.2, -0.15) is 0 Å². The summed E-state index contributed by atoms with van der Waals surface area (Å²) in [6.07, 6.45) is 0.678. The number of ether oxygens (including phenoxy) is 2. The molecule has 1 aliphatic rings. The molecule has 7 heteroatoms. The fourth-order valence-corrected chi connectivity index (χ4v) is 4.25. The van der Waals surface area contributed by atoms with Crippen LogP contribution in [0.4, 0.5) is 0 Å². The minimum atomic E-state index is -0.631. The van der Waals surface area contributed by atoms with Gasteiger partial charge in [0.05, 0.1) is 5.37 Å². The highest BCUT2D eigenvalue weighted by molar-refractivity contribution is 8.14. The molecule has 2 aromatic rings. The lowest BCUT2D eigenvalue weighted by Crippen LogP contribution is -2.31. The molecule has 0 saturated carbocycles. The minimum Gasteiger partial charge on any atom is -0.460 e. The SMILES string of the molecule is CC(C)(C)OC(=O)CC(=O)SC1CCC(=O)N1Cc1ccc(Oc2ccccc2)cc1. The first-order chi connectivity index (χ1) is 14.7. The van der Waals surface area contributed by atoms with E-state index in [0.29, 0.717) is 25.1 Å². The number of hydrogen-bond acceptors (Lipinski definition) is 6. The molecule has 1 fully saturated rings. The normalized spacial score (nSPS) is 16.3. The van der Waals surface area contributed by atoms with E-state index in [-0.39, 0.29) is 22.8 Å². The molecule has 31 heavy (non-hydrogen) atoms. The van der Waals surface area contributed by atoms with Crippen LogP contribution in [-0.4, -0.2) is 32.9 Å². The minimum absolute atomic E-state index is 0.00665. The maximum absolute atomic E-state index is 12.4. The van der Waals surface area contributed by atoms with Crippen molar-refractivity contribution in [2.75, 3.05) is 0 Å². The molecule has 164 valence electrons. The number of carbonyl (C=O) groups excluding carboxylic acids is 3. The Hall–Kier alpha value is -2.80. The van der Waals surface area contributed by atoms with Crippen molar-refractivity contribution < 1.29 is 23.9 Å². The van der Waals surface area contributed by atoms with Gasteiger partial charge in [-0.15, -0.1) is 0 Å². The van der Waals surface area contributed by atoms with Crippen LogP contribution in [0, 0.1) is 0 Å². The van der Waals surface area contributed by atoms with Gasteiger partial charge in [0, 0.05) is 13.0 Å². The Labute approximate surface area is 186 Å². The number of nitrogens with zero attached hydrogens (tertiary/aromatic N) is 1. The summed E-state index contributed by atoms with van der Waals surface area (Å²) in [7, 11) is 0. The molecule has 1 heterocycles. The first-order valence-corrected chi connectivity index (χ1v) is 11.1. The van der Waals surface area contributed by atoms with Crippen LogP contribution in [-0.2, 0) is 25.7 Å². The molecule has 1 saturated heterocycles. The molecule has 2 aromatic carbocycles. The van der Waals surface area contributed by atoms with E-state index < -0.39 is 11.6 Å². The molecular formula is C24H27NO5S. The van der Waals surface area contributed by atoms with E-state index in [1.54, 1.807) is 25.7 Å². The summed E-state index contributed by atoms with van der Waals surface area (Å²) < 4.78 is 11.0. The standard InChI is InChI=1S/C24H27NO5S/c1-24(2,3)30-22(27)15-23(28)31-21-14-13-20(26)25(21)16-17-9-11-19(12-10-17)29-18-7-5-4-6-8-18/h4-12,21H,13-16H2,1-3H3. The second-order valence-corrected chi connectivity index (χ2v) is 9.56. The van der Waals surface area contributed by atoms with Gasteiger partial charge >= 0.3 is 5.97 Å². The Kier molecular flexibility index (Phi) is 7.38. The van der Waals surface area contributed by atoms with E-state index in [1.807, 2.05) is 54.6 Å². The first-order valence-electron chi connectivity index (χ1n) is 10.2. The number of amides is 1. The number of benzene rings is 2. The van der Waals surface area contributed by atoms with Crippen molar-refractivity contribution in [2.45, 2.75) is 57.6 Å². The molecule has 3 rings (SSSR count). The molecule has 1 atom stereocenters. The van der Waals surface area contributed by atoms with E-state index in [2.05, 4.69) is 0 Å². The average Bonchev–Trinajstić information content (AvgIpc) is 3.02. The van der Waals surface area contributed by atoms with Crippen molar-refractivity contribution >= 4 is 28.8 Å². The molecule has 0 aliphatic carbocycles. The zero-order valence-corrected chi connectivity index (χ0v) is 18.8. The third-order valence-corrected chi connectivity index (χ3v) is 5.67. The Morgan fingerprint density at radius 1 is 1.03 bits per heavy atom. The maximum atomic E-state index is 12.4. The topological polar surface area (TPSA) is 72.9 Å². The van der Waals surface area contributed by atoms with Gasteiger partial charge in [-0.25, -0.2) is 0 Å². The Morgan fingerprint density at radius 2 is 1.68 bits per heavy atom. The van der Waals surface area contributed by atoms with Crippen LogP contribution in [0.1, 0.15) is 45.6 Å². The molecule has 1 aliphatic heterocycles. The molecule has 0 radical (unpaired) electrons. The largest absolute Gasteiger partial charge is 0.460 e. The third kappa shape index (κ3) is 7.14. The number of rotatable bonds is 7. The molecule has 0 aromatic heterocycles. The molecule has 1 amide bonds. The monoisotopic (exact) mass is 441 g/mol. The quantitative estimate of drug-likeness (QED) is 0.449. The summed E-state index contributed by atoms with van der Waals surface area (Å²) in [6, 6.07) is 17.0. The smallest absolute Gasteiger partial charge is 0.314 e. The molecule has 6 nitrogen and oxygen atoms in total. The van der Waals surface area contributed by atoms with Crippen LogP contribution in [0.2, 0.25) is 0 Å². The lowest BCUT2D eigenvalue weighted by molar-refractivity contribution is -0.155. The number of thioether (sulfide) groups is 1. The van der Waals surface area contributed by atoms with Gasteiger partial charge in [0.15, 0.2) is 0 Å². The van der Waals surface area contributed by atoms with E-state index in [1.165, 1.54) is 0 Å². The highest BCUT2D eigenvalue weighted by Crippen LogP contribution is 2.31. The van der Waals surface area contributed by atoms with Gasteiger partial charge in [0.2, 0.25) is 11.0 Å². The van der Waals surface area contributed by atoms with E-state index >= 15 is 0 Å². The van der Waals surface area contributed by atoms with Gasteiger partial charge < -0.3 is 14.4 Å². The van der Waals surface area contributed by atoms with Gasteiger partial charge in [0.1, 0.15) is 23.5 Å². The highest BCUT2D eigenvalue weighted by Gasteiger charge is 2.33. The van der Waals surface area contributed by atoms with E-state index in [9.17, 15) is 14.4 Å². The number of likely N-dealkylation sites (tertiary alicyclic amines) is 1. The third-order valence-electron chi connectivity index (χ3n) is 4.50. The van der Waals surface area contributed by atoms with Gasteiger partial charge in [0.25, 0.3) is 0 Å². The van der Waals surface area contributed by atoms with Crippen molar-refractivity contribution in [3.8, 4) is 11.5 Å². The predicted molar refractivity (Wildman–Crippen MR) is 120 cm³/mol. The zero-order chi connectivity index (χ0) is 22.4. The lowest BCUT2D eigenvalue weighted by atomic mass is 10.2. The van der Waals surface area contributed by atoms with Crippen molar-refractivity contribution in [2.24, 2.45) is 0 Å². The van der Waals surface area contributed by atoms with Crippen molar-refractivity contribution in [3.05, 3.63) is 60.2 Å². The lowest BCUT2D eigenvalue weighted by Gasteiger charge is -2.24. The van der Waals surface area contributed by atoms with E-state index in [0.717, 1.165) is 23.1 Å². The van der Waals surface area contributed by atoms with Crippen molar-refractivity contribution in [1.82, 2.24) is 4.90 Å². The highest BCUT2D eigenvalue weighted by atomic mass is 32.2. The van der Waals surface area contributed by atoms with Crippen LogP contribution < -0.4 is 4.74 Å². The summed E-state index contributed by atoms with van der Waals surface area (Å²) >= 11 is 1.04. The summed E-state index contributed by atoms with van der Waals surface area (Å²) in [6.45, 7) is 5.68. The predicted octanol–water partition coefficient (Wildman–Crippen LogP) is 4.92. The molecule has 0 spiro atoms. The Balaban J connectivity index is 1.56. The van der Waals surface area contributed by atoms with Gasteiger partial charge in [-0.05, 0) is 57.0 Å². The van der Waals surface area contributed by atoms with E-state index in [4.69, 9.17) is 9.47 Å². The summed E-state index contributed by atoms with van der Waals surface area (Å²) in [5.41, 5.74) is 0.314. The van der Waals surface area contributed by atoms with Gasteiger partial charge in [-0.1, -0.05) is 42.1 Å². The number of para-hydroxylation sites is 1. The van der Waals surface area contributed by atoms with Crippen LogP contribution in [0.15, 0.2) is 54.6 Å². The van der Waals surface area contributed by atoms with Crippen LogP contribution >= 0.6 is 11.8 Å². The number of hydrogen-bond donors (Lipinski definition) is 0. The molecule has 1 unspecified atom stereocenters. The summed E-state index contributed by atoms with van der Waals surface area (Å²) in [5.74, 6) is 0.924. The second kappa shape index (κ2) is 10.0.